The molecule has 2 heterocycles. The number of hydrogen-bond donors (Lipinski definition) is 0. The Kier molecular flexibility index (Phi) is 4.24. The van der Waals surface area contributed by atoms with E-state index < -0.39 is 9.84 Å². The minimum atomic E-state index is -3.26. The first kappa shape index (κ1) is 14.0. The molecule has 106 valence electrons. The fourth-order valence-electron chi connectivity index (χ4n) is 2.35. The van der Waals surface area contributed by atoms with Gasteiger partial charge < -0.3 is 4.90 Å². The quantitative estimate of drug-likeness (QED) is 0.780. The molecule has 1 atom stereocenters. The van der Waals surface area contributed by atoms with E-state index in [4.69, 9.17) is 0 Å². The number of hydrogen-bond acceptors (Lipinski definition) is 4. The van der Waals surface area contributed by atoms with E-state index in [1.807, 2.05) is 12.3 Å². The first-order valence-electron chi connectivity index (χ1n) is 6.49. The zero-order chi connectivity index (χ0) is 13.9. The monoisotopic (exact) mass is 285 g/mol. The Morgan fingerprint density at radius 3 is 2.89 bits per heavy atom. The number of amides is 1. The lowest BCUT2D eigenvalue weighted by molar-refractivity contribution is -0.129. The highest BCUT2D eigenvalue weighted by atomic mass is 32.2. The molecule has 1 amide bonds. The molecule has 1 aliphatic heterocycles. The van der Waals surface area contributed by atoms with Crippen molar-refractivity contribution in [2.45, 2.75) is 32.4 Å². The van der Waals surface area contributed by atoms with Crippen molar-refractivity contribution < 1.29 is 13.2 Å². The molecule has 2 rings (SSSR count). The van der Waals surface area contributed by atoms with Crippen LogP contribution in [0.4, 0.5) is 0 Å². The highest BCUT2D eigenvalue weighted by Gasteiger charge is 2.31. The van der Waals surface area contributed by atoms with Crippen LogP contribution in [-0.4, -0.2) is 53.1 Å². The van der Waals surface area contributed by atoms with Gasteiger partial charge in [-0.3, -0.25) is 9.48 Å². The normalized spacial score (nSPS) is 19.8. The summed E-state index contributed by atoms with van der Waals surface area (Å²) in [6.07, 6.45) is 5.37. The molecule has 6 nitrogen and oxygen atoms in total. The van der Waals surface area contributed by atoms with Crippen molar-refractivity contribution in [1.82, 2.24) is 14.7 Å². The number of likely N-dealkylation sites (tertiary alicyclic amines) is 1. The second kappa shape index (κ2) is 5.73. The average molecular weight is 285 g/mol. The molecule has 0 N–H and O–H groups in total. The molecule has 0 saturated carbocycles. The van der Waals surface area contributed by atoms with E-state index in [0.717, 1.165) is 12.8 Å². The van der Waals surface area contributed by atoms with Crippen LogP contribution in [-0.2, 0) is 21.2 Å². The summed E-state index contributed by atoms with van der Waals surface area (Å²) in [4.78, 5) is 13.8. The standard InChI is InChI=1S/C12H19N3O3S/c1-2-19(17,18)10-12(16)15-8-3-5-11(15)9-14-7-4-6-13-14/h4,6-7,11H,2-3,5,8-10H2,1H3/t11-/m1/s1. The summed E-state index contributed by atoms with van der Waals surface area (Å²) >= 11 is 0. The summed E-state index contributed by atoms with van der Waals surface area (Å²) in [5.41, 5.74) is 0. The topological polar surface area (TPSA) is 72.3 Å². The van der Waals surface area contributed by atoms with Crippen molar-refractivity contribution in [3.05, 3.63) is 18.5 Å². The molecule has 0 bridgehead atoms. The molecule has 1 aromatic heterocycles. The predicted octanol–water partition coefficient (Wildman–Crippen LogP) is 0.309. The molecular formula is C12H19N3O3S. The van der Waals surface area contributed by atoms with E-state index in [9.17, 15) is 13.2 Å². The molecule has 1 aliphatic rings. The Morgan fingerprint density at radius 2 is 2.26 bits per heavy atom. The summed E-state index contributed by atoms with van der Waals surface area (Å²) in [6.45, 7) is 2.84. The predicted molar refractivity (Wildman–Crippen MR) is 71.3 cm³/mol. The van der Waals surface area contributed by atoms with Crippen LogP contribution in [0.3, 0.4) is 0 Å². The average Bonchev–Trinajstić information content (AvgIpc) is 3.00. The second-order valence-corrected chi connectivity index (χ2v) is 7.14. The minimum absolute atomic E-state index is 0.0103. The lowest BCUT2D eigenvalue weighted by Crippen LogP contribution is -2.41. The molecule has 1 aromatic rings. The molecule has 0 aliphatic carbocycles. The van der Waals surface area contributed by atoms with Crippen LogP contribution in [0.5, 0.6) is 0 Å². The van der Waals surface area contributed by atoms with Gasteiger partial charge in [0.05, 0.1) is 12.6 Å². The number of carbonyl (C=O) groups excluding carboxylic acids is 1. The zero-order valence-electron chi connectivity index (χ0n) is 11.0. The van der Waals surface area contributed by atoms with Crippen LogP contribution >= 0.6 is 0 Å². The third-order valence-electron chi connectivity index (χ3n) is 3.44. The van der Waals surface area contributed by atoms with E-state index in [1.165, 1.54) is 0 Å². The van der Waals surface area contributed by atoms with Crippen molar-refractivity contribution in [3.63, 3.8) is 0 Å². The Bertz CT molecular complexity index is 524. The highest BCUT2D eigenvalue weighted by molar-refractivity contribution is 7.92. The molecular weight excluding hydrogens is 266 g/mol. The first-order chi connectivity index (χ1) is 9.02. The van der Waals surface area contributed by atoms with E-state index >= 15 is 0 Å². The molecule has 0 spiro atoms. The van der Waals surface area contributed by atoms with Crippen molar-refractivity contribution in [2.24, 2.45) is 0 Å². The lowest BCUT2D eigenvalue weighted by Gasteiger charge is -2.24. The Hall–Kier alpha value is -1.37. The number of nitrogens with zero attached hydrogens (tertiary/aromatic N) is 3. The van der Waals surface area contributed by atoms with Crippen LogP contribution in [0.1, 0.15) is 19.8 Å². The largest absolute Gasteiger partial charge is 0.337 e. The molecule has 1 fully saturated rings. The van der Waals surface area contributed by atoms with Crippen molar-refractivity contribution in [1.29, 1.82) is 0 Å². The van der Waals surface area contributed by atoms with Gasteiger partial charge in [0, 0.05) is 24.7 Å². The number of sulfone groups is 1. The molecule has 0 aromatic carbocycles. The van der Waals surface area contributed by atoms with Crippen LogP contribution < -0.4 is 0 Å². The van der Waals surface area contributed by atoms with E-state index in [-0.39, 0.29) is 23.5 Å². The molecule has 19 heavy (non-hydrogen) atoms. The molecule has 1 saturated heterocycles. The van der Waals surface area contributed by atoms with E-state index in [0.29, 0.717) is 13.1 Å². The van der Waals surface area contributed by atoms with Gasteiger partial charge in [0.15, 0.2) is 9.84 Å². The fourth-order valence-corrected chi connectivity index (χ4v) is 3.10. The maximum atomic E-state index is 12.1. The summed E-state index contributed by atoms with van der Waals surface area (Å²) in [5.74, 6) is -0.647. The molecule has 7 heteroatoms. The summed E-state index contributed by atoms with van der Waals surface area (Å²) in [5, 5.41) is 4.12. The van der Waals surface area contributed by atoms with Gasteiger partial charge >= 0.3 is 0 Å². The highest BCUT2D eigenvalue weighted by Crippen LogP contribution is 2.19. The summed E-state index contributed by atoms with van der Waals surface area (Å²) in [6, 6.07) is 1.89. The van der Waals surface area contributed by atoms with Crippen molar-refractivity contribution in [3.8, 4) is 0 Å². The van der Waals surface area contributed by atoms with Gasteiger partial charge in [-0.2, -0.15) is 5.10 Å². The van der Waals surface area contributed by atoms with Gasteiger partial charge in [-0.05, 0) is 18.9 Å². The lowest BCUT2D eigenvalue weighted by atomic mass is 10.2. The van der Waals surface area contributed by atoms with Crippen LogP contribution in [0.2, 0.25) is 0 Å². The number of carbonyl (C=O) groups is 1. The van der Waals surface area contributed by atoms with Crippen molar-refractivity contribution in [2.75, 3.05) is 18.1 Å². The van der Waals surface area contributed by atoms with Crippen LogP contribution in [0.15, 0.2) is 18.5 Å². The van der Waals surface area contributed by atoms with E-state index in [1.54, 1.807) is 22.7 Å². The van der Waals surface area contributed by atoms with Crippen LogP contribution in [0, 0.1) is 0 Å². The molecule has 0 unspecified atom stereocenters. The van der Waals surface area contributed by atoms with Gasteiger partial charge in [0.2, 0.25) is 5.91 Å². The third kappa shape index (κ3) is 3.56. The Labute approximate surface area is 113 Å². The van der Waals surface area contributed by atoms with Crippen LogP contribution in [0.25, 0.3) is 0 Å². The third-order valence-corrected chi connectivity index (χ3v) is 5.00. The molecule has 0 radical (unpaired) electrons. The van der Waals surface area contributed by atoms with Gasteiger partial charge in [-0.15, -0.1) is 0 Å². The fraction of sp³-hybridized carbons (Fsp3) is 0.667. The van der Waals surface area contributed by atoms with E-state index in [2.05, 4.69) is 5.10 Å². The second-order valence-electron chi connectivity index (χ2n) is 4.79. The van der Waals surface area contributed by atoms with Gasteiger partial charge in [0.1, 0.15) is 5.75 Å². The number of rotatable bonds is 5. The number of aromatic nitrogens is 2. The smallest absolute Gasteiger partial charge is 0.238 e. The summed E-state index contributed by atoms with van der Waals surface area (Å²) in [7, 11) is -3.26. The zero-order valence-corrected chi connectivity index (χ0v) is 11.8. The maximum Gasteiger partial charge on any atom is 0.238 e. The summed E-state index contributed by atoms with van der Waals surface area (Å²) < 4.78 is 24.8. The van der Waals surface area contributed by atoms with Crippen molar-refractivity contribution >= 4 is 15.7 Å². The maximum absolute atomic E-state index is 12.1. The van der Waals surface area contributed by atoms with Gasteiger partial charge in [0.25, 0.3) is 0 Å². The Morgan fingerprint density at radius 1 is 1.47 bits per heavy atom. The Balaban J connectivity index is 2.00. The first-order valence-corrected chi connectivity index (χ1v) is 8.31. The SMILES string of the molecule is CCS(=O)(=O)CC(=O)N1CCC[C@@H]1Cn1cccn1. The van der Waals surface area contributed by atoms with Gasteiger partial charge in [-0.25, -0.2) is 8.42 Å². The van der Waals surface area contributed by atoms with Gasteiger partial charge in [-0.1, -0.05) is 6.92 Å². The minimum Gasteiger partial charge on any atom is -0.337 e.